The van der Waals surface area contributed by atoms with Crippen LogP contribution in [0.4, 0.5) is 10.1 Å². The van der Waals surface area contributed by atoms with Gasteiger partial charge in [0.05, 0.1) is 18.0 Å². The van der Waals surface area contributed by atoms with Crippen LogP contribution in [0.1, 0.15) is 40.0 Å². The van der Waals surface area contributed by atoms with Crippen molar-refractivity contribution in [2.75, 3.05) is 11.8 Å². The van der Waals surface area contributed by atoms with Crippen LogP contribution < -0.4 is 14.8 Å². The standard InChI is InChI=1S/C24H25FN2O4S/c1-15-5-6-16(2)23(13-15)32(29,30)27-20-10-7-18(8-11-20)24(28)26-17(3)19-9-12-22(31-4)21(25)14-19/h5-14,17,27H,1-4H3,(H,26,28). The first-order chi connectivity index (χ1) is 15.1. The Morgan fingerprint density at radius 1 is 1.00 bits per heavy atom. The summed E-state index contributed by atoms with van der Waals surface area (Å²) in [4.78, 5) is 12.8. The van der Waals surface area contributed by atoms with E-state index >= 15 is 0 Å². The molecule has 0 bridgehead atoms. The third-order valence-corrected chi connectivity index (χ3v) is 6.58. The average molecular weight is 457 g/mol. The van der Waals surface area contributed by atoms with Gasteiger partial charge in [-0.05, 0) is 79.9 Å². The van der Waals surface area contributed by atoms with E-state index in [4.69, 9.17) is 4.74 Å². The van der Waals surface area contributed by atoms with E-state index in [0.717, 1.165) is 5.56 Å². The Hall–Kier alpha value is -3.39. The van der Waals surface area contributed by atoms with Gasteiger partial charge in [-0.3, -0.25) is 9.52 Å². The molecule has 0 aliphatic rings. The summed E-state index contributed by atoms with van der Waals surface area (Å²) in [7, 11) is -2.38. The maximum absolute atomic E-state index is 13.9. The highest BCUT2D eigenvalue weighted by molar-refractivity contribution is 7.92. The third kappa shape index (κ3) is 5.26. The third-order valence-electron chi connectivity index (χ3n) is 5.06. The fraction of sp³-hybridized carbons (Fsp3) is 0.208. The Morgan fingerprint density at radius 3 is 2.31 bits per heavy atom. The van der Waals surface area contributed by atoms with Gasteiger partial charge in [-0.1, -0.05) is 18.2 Å². The van der Waals surface area contributed by atoms with Crippen LogP contribution in [-0.4, -0.2) is 21.4 Å². The van der Waals surface area contributed by atoms with Gasteiger partial charge >= 0.3 is 0 Å². The van der Waals surface area contributed by atoms with Gasteiger partial charge in [-0.25, -0.2) is 12.8 Å². The molecule has 3 aromatic carbocycles. The number of halogens is 1. The van der Waals surface area contributed by atoms with Crippen LogP contribution in [0.2, 0.25) is 0 Å². The first-order valence-electron chi connectivity index (χ1n) is 9.95. The quantitative estimate of drug-likeness (QED) is 0.538. The minimum absolute atomic E-state index is 0.131. The van der Waals surface area contributed by atoms with Gasteiger partial charge in [0.2, 0.25) is 0 Å². The lowest BCUT2D eigenvalue weighted by Gasteiger charge is -2.16. The number of nitrogens with one attached hydrogen (secondary N) is 2. The van der Waals surface area contributed by atoms with Gasteiger partial charge < -0.3 is 10.1 Å². The molecule has 0 heterocycles. The molecule has 1 unspecified atom stereocenters. The maximum atomic E-state index is 13.9. The molecule has 0 saturated heterocycles. The topological polar surface area (TPSA) is 84.5 Å². The van der Waals surface area contributed by atoms with Crippen LogP contribution in [-0.2, 0) is 10.0 Å². The predicted molar refractivity (Wildman–Crippen MR) is 122 cm³/mol. The number of carbonyl (C=O) groups excluding carboxylic acids is 1. The second kappa shape index (κ2) is 9.40. The molecule has 2 N–H and O–H groups in total. The zero-order chi connectivity index (χ0) is 23.5. The summed E-state index contributed by atoms with van der Waals surface area (Å²) in [6.45, 7) is 5.30. The van der Waals surface area contributed by atoms with E-state index in [0.29, 0.717) is 22.4 Å². The zero-order valence-corrected chi connectivity index (χ0v) is 19.1. The largest absolute Gasteiger partial charge is 0.494 e. The summed E-state index contributed by atoms with van der Waals surface area (Å²) < 4.78 is 46.8. The van der Waals surface area contributed by atoms with E-state index in [1.54, 1.807) is 32.0 Å². The van der Waals surface area contributed by atoms with Gasteiger partial charge in [-0.2, -0.15) is 0 Å². The van der Waals surface area contributed by atoms with Crippen molar-refractivity contribution in [2.24, 2.45) is 0 Å². The van der Waals surface area contributed by atoms with E-state index in [2.05, 4.69) is 10.0 Å². The number of methoxy groups -OCH3 is 1. The number of carbonyl (C=O) groups is 1. The second-order valence-electron chi connectivity index (χ2n) is 7.54. The molecule has 0 aromatic heterocycles. The van der Waals surface area contributed by atoms with Gasteiger partial charge in [0.1, 0.15) is 0 Å². The zero-order valence-electron chi connectivity index (χ0n) is 18.3. The molecule has 6 nitrogen and oxygen atoms in total. The normalized spacial score (nSPS) is 12.2. The number of hydrogen-bond acceptors (Lipinski definition) is 4. The van der Waals surface area contributed by atoms with Gasteiger partial charge in [0.25, 0.3) is 15.9 Å². The Morgan fingerprint density at radius 2 is 1.69 bits per heavy atom. The lowest BCUT2D eigenvalue weighted by atomic mass is 10.1. The molecule has 3 rings (SSSR count). The highest BCUT2D eigenvalue weighted by Gasteiger charge is 2.18. The summed E-state index contributed by atoms with van der Waals surface area (Å²) in [6, 6.07) is 15.4. The van der Waals surface area contributed by atoms with E-state index in [-0.39, 0.29) is 16.6 Å². The van der Waals surface area contributed by atoms with Crippen LogP contribution in [0.3, 0.4) is 0 Å². The van der Waals surface area contributed by atoms with Gasteiger partial charge in [0, 0.05) is 11.3 Å². The van der Waals surface area contributed by atoms with E-state index in [9.17, 15) is 17.6 Å². The number of rotatable bonds is 7. The SMILES string of the molecule is COc1ccc(C(C)NC(=O)c2ccc(NS(=O)(=O)c3cc(C)ccc3C)cc2)cc1F. The first kappa shape index (κ1) is 23.3. The fourth-order valence-electron chi connectivity index (χ4n) is 3.21. The Bertz CT molecular complexity index is 1240. The van der Waals surface area contributed by atoms with Gasteiger partial charge in [-0.15, -0.1) is 0 Å². The molecule has 0 spiro atoms. The highest BCUT2D eigenvalue weighted by atomic mass is 32.2. The van der Waals surface area contributed by atoms with E-state index < -0.39 is 21.9 Å². The summed E-state index contributed by atoms with van der Waals surface area (Å²) in [5.41, 5.74) is 2.76. The summed E-state index contributed by atoms with van der Waals surface area (Å²) >= 11 is 0. The first-order valence-corrected chi connectivity index (χ1v) is 11.4. The monoisotopic (exact) mass is 456 g/mol. The molecule has 0 aliphatic carbocycles. The second-order valence-corrected chi connectivity index (χ2v) is 9.19. The molecular weight excluding hydrogens is 431 g/mol. The molecule has 0 saturated carbocycles. The number of aryl methyl sites for hydroxylation is 2. The summed E-state index contributed by atoms with van der Waals surface area (Å²) in [6.07, 6.45) is 0. The molecule has 0 fully saturated rings. The lowest BCUT2D eigenvalue weighted by Crippen LogP contribution is -2.26. The number of ether oxygens (including phenoxy) is 1. The fourth-order valence-corrected chi connectivity index (χ4v) is 4.60. The van der Waals surface area contributed by atoms with Crippen molar-refractivity contribution in [3.8, 4) is 5.75 Å². The van der Waals surface area contributed by atoms with Crippen molar-refractivity contribution in [2.45, 2.75) is 31.7 Å². The molecule has 3 aromatic rings. The molecule has 1 atom stereocenters. The molecule has 0 aliphatic heterocycles. The molecular formula is C24H25FN2O4S. The Kier molecular flexibility index (Phi) is 6.84. The summed E-state index contributed by atoms with van der Waals surface area (Å²) in [5, 5.41) is 2.80. The number of hydrogen-bond donors (Lipinski definition) is 2. The van der Waals surface area contributed by atoms with E-state index in [1.165, 1.54) is 43.5 Å². The summed E-state index contributed by atoms with van der Waals surface area (Å²) in [5.74, 6) is -0.740. The number of amides is 1. The minimum atomic E-state index is -3.76. The molecule has 1 amide bonds. The van der Waals surface area contributed by atoms with Crippen molar-refractivity contribution in [1.82, 2.24) is 5.32 Å². The molecule has 0 radical (unpaired) electrons. The Balaban J connectivity index is 1.70. The van der Waals surface area contributed by atoms with Crippen molar-refractivity contribution >= 4 is 21.6 Å². The maximum Gasteiger partial charge on any atom is 0.262 e. The number of benzene rings is 3. The number of sulfonamides is 1. The van der Waals surface area contributed by atoms with Gasteiger partial charge in [0.15, 0.2) is 11.6 Å². The molecule has 32 heavy (non-hydrogen) atoms. The smallest absolute Gasteiger partial charge is 0.262 e. The van der Waals surface area contributed by atoms with Crippen molar-refractivity contribution in [3.63, 3.8) is 0 Å². The Labute approximate surface area is 187 Å². The van der Waals surface area contributed by atoms with Crippen LogP contribution >= 0.6 is 0 Å². The van der Waals surface area contributed by atoms with Crippen molar-refractivity contribution < 1.29 is 22.3 Å². The van der Waals surface area contributed by atoms with E-state index in [1.807, 2.05) is 13.0 Å². The van der Waals surface area contributed by atoms with Crippen molar-refractivity contribution in [1.29, 1.82) is 0 Å². The van der Waals surface area contributed by atoms with Crippen LogP contribution in [0.5, 0.6) is 5.75 Å². The van der Waals surface area contributed by atoms with Crippen LogP contribution in [0.25, 0.3) is 0 Å². The number of anilines is 1. The van der Waals surface area contributed by atoms with Crippen molar-refractivity contribution in [3.05, 3.63) is 88.7 Å². The lowest BCUT2D eigenvalue weighted by molar-refractivity contribution is 0.0940. The molecule has 168 valence electrons. The average Bonchev–Trinajstić information content (AvgIpc) is 2.75. The van der Waals surface area contributed by atoms with Crippen LogP contribution in [0.15, 0.2) is 65.6 Å². The van der Waals surface area contributed by atoms with Crippen LogP contribution in [0, 0.1) is 19.7 Å². The molecule has 8 heteroatoms. The predicted octanol–water partition coefficient (Wildman–Crippen LogP) is 4.74. The highest BCUT2D eigenvalue weighted by Crippen LogP contribution is 2.23. The minimum Gasteiger partial charge on any atom is -0.494 e.